The minimum atomic E-state index is -0.716. The second kappa shape index (κ2) is 5.85. The Morgan fingerprint density at radius 1 is 1.04 bits per heavy atom. The van der Waals surface area contributed by atoms with Crippen LogP contribution in [0, 0.1) is 0 Å². The van der Waals surface area contributed by atoms with E-state index in [4.69, 9.17) is 9.47 Å². The zero-order valence-electron chi connectivity index (χ0n) is 13.1. The average Bonchev–Trinajstić information content (AvgIpc) is 2.61. The minimum Gasteiger partial charge on any atom is -0.482 e. The van der Waals surface area contributed by atoms with Crippen molar-refractivity contribution in [1.82, 2.24) is 4.98 Å². The number of ether oxygens (including phenoxy) is 2. The molecule has 0 bridgehead atoms. The number of carbonyl (C=O) groups excluding carboxylic acids is 1. The molecule has 2 atom stereocenters. The van der Waals surface area contributed by atoms with Crippen molar-refractivity contribution in [2.24, 2.45) is 0 Å². The Morgan fingerprint density at radius 2 is 1.75 bits per heavy atom. The van der Waals surface area contributed by atoms with Crippen LogP contribution in [0.3, 0.4) is 0 Å². The van der Waals surface area contributed by atoms with Crippen LogP contribution < -0.4 is 14.8 Å². The predicted molar refractivity (Wildman–Crippen MR) is 91.3 cm³/mol. The van der Waals surface area contributed by atoms with Crippen LogP contribution in [0.1, 0.15) is 6.92 Å². The van der Waals surface area contributed by atoms with Gasteiger partial charge >= 0.3 is 0 Å². The first-order valence-corrected chi connectivity index (χ1v) is 7.79. The molecule has 0 saturated heterocycles. The first-order valence-electron chi connectivity index (χ1n) is 7.79. The molecular formula is C19H16N2O3. The zero-order valence-corrected chi connectivity index (χ0v) is 13.1. The number of benzene rings is 2. The van der Waals surface area contributed by atoms with Gasteiger partial charge in [-0.15, -0.1) is 0 Å². The lowest BCUT2D eigenvalue weighted by molar-refractivity contribution is -0.128. The van der Waals surface area contributed by atoms with Crippen molar-refractivity contribution in [2.75, 3.05) is 5.32 Å². The predicted octanol–water partition coefficient (Wildman–Crippen LogP) is 3.40. The van der Waals surface area contributed by atoms with Crippen molar-refractivity contribution in [3.05, 3.63) is 60.8 Å². The molecule has 4 rings (SSSR count). The smallest absolute Gasteiger partial charge is 0.269 e. The third kappa shape index (κ3) is 2.65. The van der Waals surface area contributed by atoms with Crippen LogP contribution in [0.4, 0.5) is 5.69 Å². The van der Waals surface area contributed by atoms with Crippen molar-refractivity contribution in [3.8, 4) is 11.5 Å². The number of pyridine rings is 1. The Balaban J connectivity index is 1.55. The second-order valence-electron chi connectivity index (χ2n) is 5.71. The molecule has 120 valence electrons. The lowest BCUT2D eigenvalue weighted by atomic mass is 10.1. The van der Waals surface area contributed by atoms with Crippen molar-refractivity contribution in [3.63, 3.8) is 0 Å². The van der Waals surface area contributed by atoms with Crippen molar-refractivity contribution < 1.29 is 14.3 Å². The number of amides is 1. The van der Waals surface area contributed by atoms with Gasteiger partial charge < -0.3 is 14.8 Å². The molecule has 1 amide bonds. The minimum absolute atomic E-state index is 0.255. The van der Waals surface area contributed by atoms with E-state index in [1.54, 1.807) is 12.3 Å². The van der Waals surface area contributed by atoms with Gasteiger partial charge in [0.05, 0.1) is 17.4 Å². The van der Waals surface area contributed by atoms with Gasteiger partial charge in [0, 0.05) is 5.39 Å². The molecule has 0 saturated carbocycles. The molecule has 3 aromatic rings. The number of hydrogen-bond acceptors (Lipinski definition) is 4. The molecule has 0 spiro atoms. The number of carbonyl (C=O) groups is 1. The maximum Gasteiger partial charge on any atom is 0.269 e. The van der Waals surface area contributed by atoms with Gasteiger partial charge in [-0.2, -0.15) is 0 Å². The highest BCUT2D eigenvalue weighted by Crippen LogP contribution is 2.33. The fraction of sp³-hybridized carbons (Fsp3) is 0.158. The first kappa shape index (κ1) is 14.5. The lowest BCUT2D eigenvalue weighted by Gasteiger charge is -2.30. The molecule has 0 radical (unpaired) electrons. The topological polar surface area (TPSA) is 60.5 Å². The SMILES string of the molecule is C[C@H]1Oc2ccccc2O[C@H]1C(=O)Nc1cnc2ccccc2c1. The lowest BCUT2D eigenvalue weighted by Crippen LogP contribution is -2.46. The largest absolute Gasteiger partial charge is 0.482 e. The van der Waals surface area contributed by atoms with Gasteiger partial charge in [0.15, 0.2) is 11.5 Å². The number of rotatable bonds is 2. The molecule has 24 heavy (non-hydrogen) atoms. The third-order valence-electron chi connectivity index (χ3n) is 3.96. The van der Waals surface area contributed by atoms with E-state index in [1.165, 1.54) is 0 Å². The normalized spacial score (nSPS) is 19.0. The van der Waals surface area contributed by atoms with Crippen LogP contribution in [0.15, 0.2) is 60.8 Å². The number of fused-ring (bicyclic) bond motifs is 2. The summed E-state index contributed by atoms with van der Waals surface area (Å²) >= 11 is 0. The number of nitrogens with zero attached hydrogens (tertiary/aromatic N) is 1. The molecule has 1 N–H and O–H groups in total. The number of aromatic nitrogens is 1. The molecule has 0 fully saturated rings. The summed E-state index contributed by atoms with van der Waals surface area (Å²) in [5, 5.41) is 3.83. The molecule has 5 heteroatoms. The van der Waals surface area contributed by atoms with Gasteiger partial charge in [-0.3, -0.25) is 9.78 Å². The van der Waals surface area contributed by atoms with Crippen molar-refractivity contribution >= 4 is 22.5 Å². The maximum absolute atomic E-state index is 12.6. The summed E-state index contributed by atoms with van der Waals surface area (Å²) in [4.78, 5) is 16.9. The van der Waals surface area contributed by atoms with E-state index >= 15 is 0 Å². The summed E-state index contributed by atoms with van der Waals surface area (Å²) in [5.74, 6) is 0.975. The van der Waals surface area contributed by atoms with Gasteiger partial charge in [-0.25, -0.2) is 0 Å². The quantitative estimate of drug-likeness (QED) is 0.786. The Bertz CT molecular complexity index is 910. The number of anilines is 1. The summed E-state index contributed by atoms with van der Waals surface area (Å²) in [6.07, 6.45) is 0.544. The molecule has 2 heterocycles. The second-order valence-corrected chi connectivity index (χ2v) is 5.71. The highest BCUT2D eigenvalue weighted by Gasteiger charge is 2.34. The fourth-order valence-corrected chi connectivity index (χ4v) is 2.76. The van der Waals surface area contributed by atoms with Crippen LogP contribution >= 0.6 is 0 Å². The molecule has 1 aliphatic rings. The van der Waals surface area contributed by atoms with Gasteiger partial charge in [0.1, 0.15) is 6.10 Å². The molecule has 1 aliphatic heterocycles. The van der Waals surface area contributed by atoms with E-state index < -0.39 is 6.10 Å². The number of para-hydroxylation sites is 3. The van der Waals surface area contributed by atoms with E-state index in [9.17, 15) is 4.79 Å². The fourth-order valence-electron chi connectivity index (χ4n) is 2.76. The highest BCUT2D eigenvalue weighted by atomic mass is 16.6. The molecule has 0 unspecified atom stereocenters. The summed E-state index contributed by atoms with van der Waals surface area (Å²) < 4.78 is 11.6. The van der Waals surface area contributed by atoms with Gasteiger partial charge in [0.25, 0.3) is 5.91 Å². The van der Waals surface area contributed by atoms with E-state index in [0.717, 1.165) is 10.9 Å². The summed E-state index contributed by atoms with van der Waals surface area (Å²) in [6.45, 7) is 1.82. The Labute approximate surface area is 139 Å². The Morgan fingerprint density at radius 3 is 2.58 bits per heavy atom. The van der Waals surface area contributed by atoms with Crippen molar-refractivity contribution in [2.45, 2.75) is 19.1 Å². The van der Waals surface area contributed by atoms with Gasteiger partial charge in [-0.1, -0.05) is 30.3 Å². The molecule has 5 nitrogen and oxygen atoms in total. The third-order valence-corrected chi connectivity index (χ3v) is 3.96. The van der Waals surface area contributed by atoms with Crippen LogP contribution in [0.25, 0.3) is 10.9 Å². The standard InChI is InChI=1S/C19H16N2O3/c1-12-18(24-17-9-5-4-8-16(17)23-12)19(22)21-14-10-13-6-2-3-7-15(13)20-11-14/h2-12,18H,1H3,(H,21,22)/t12-,18-/m1/s1. The maximum atomic E-state index is 12.6. The van der Waals surface area contributed by atoms with Gasteiger partial charge in [-0.05, 0) is 31.2 Å². The van der Waals surface area contributed by atoms with E-state index in [1.807, 2.05) is 55.5 Å². The first-order chi connectivity index (χ1) is 11.7. The zero-order chi connectivity index (χ0) is 16.5. The van der Waals surface area contributed by atoms with E-state index in [0.29, 0.717) is 17.2 Å². The van der Waals surface area contributed by atoms with Crippen LogP contribution in [-0.2, 0) is 4.79 Å². The Hall–Kier alpha value is -3.08. The molecular weight excluding hydrogens is 304 g/mol. The van der Waals surface area contributed by atoms with Crippen LogP contribution in [0.5, 0.6) is 11.5 Å². The number of nitrogens with one attached hydrogen (secondary N) is 1. The Kier molecular flexibility index (Phi) is 3.54. The summed E-state index contributed by atoms with van der Waals surface area (Å²) in [7, 11) is 0. The highest BCUT2D eigenvalue weighted by molar-refractivity contribution is 5.96. The van der Waals surface area contributed by atoms with E-state index in [-0.39, 0.29) is 12.0 Å². The van der Waals surface area contributed by atoms with Crippen LogP contribution in [0.2, 0.25) is 0 Å². The molecule has 2 aromatic carbocycles. The average molecular weight is 320 g/mol. The van der Waals surface area contributed by atoms with Crippen molar-refractivity contribution in [1.29, 1.82) is 0 Å². The van der Waals surface area contributed by atoms with E-state index in [2.05, 4.69) is 10.3 Å². The summed E-state index contributed by atoms with van der Waals surface area (Å²) in [5.41, 5.74) is 1.52. The van der Waals surface area contributed by atoms with Crippen LogP contribution in [-0.4, -0.2) is 23.1 Å². The van der Waals surface area contributed by atoms with Gasteiger partial charge in [0.2, 0.25) is 6.10 Å². The molecule has 0 aliphatic carbocycles. The summed E-state index contributed by atoms with van der Waals surface area (Å²) in [6, 6.07) is 17.0. The number of hydrogen-bond donors (Lipinski definition) is 1. The monoisotopic (exact) mass is 320 g/mol. The molecule has 1 aromatic heterocycles.